The topological polar surface area (TPSA) is 307 Å². The minimum absolute atomic E-state index is 0.242. The van der Waals surface area contributed by atoms with E-state index in [1.54, 1.807) is 6.08 Å². The molecular weight excluding hydrogens is 1080 g/mol. The van der Waals surface area contributed by atoms with Gasteiger partial charge in [0.2, 0.25) is 5.91 Å². The summed E-state index contributed by atoms with van der Waals surface area (Å²) >= 11 is 0. The fraction of sp³-hybridized carbons (Fsp3) is 0.831. The number of ether oxygens (including phenoxy) is 6. The Labute approximate surface area is 503 Å². The Morgan fingerprint density at radius 1 is 0.440 bits per heavy atom. The number of carbonyl (C=O) groups is 1. The van der Waals surface area contributed by atoms with Gasteiger partial charge >= 0.3 is 0 Å². The van der Waals surface area contributed by atoms with Crippen LogP contribution >= 0.6 is 0 Å². The van der Waals surface area contributed by atoms with E-state index in [2.05, 4.69) is 67.8 Å². The van der Waals surface area contributed by atoms with Gasteiger partial charge in [-0.3, -0.25) is 4.79 Å². The van der Waals surface area contributed by atoms with E-state index in [4.69, 9.17) is 28.4 Å². The molecule has 19 heteroatoms. The molecule has 3 saturated heterocycles. The molecule has 0 saturated carbocycles. The second-order valence-corrected chi connectivity index (χ2v) is 23.2. The molecule has 0 aliphatic carbocycles. The highest BCUT2D eigenvalue weighted by Gasteiger charge is 2.53. The van der Waals surface area contributed by atoms with Crippen molar-refractivity contribution in [2.75, 3.05) is 26.4 Å². The molecule has 17 unspecified atom stereocenters. The van der Waals surface area contributed by atoms with Crippen molar-refractivity contribution in [2.45, 2.75) is 317 Å². The van der Waals surface area contributed by atoms with Crippen molar-refractivity contribution in [1.29, 1.82) is 0 Å². The fourth-order valence-electron chi connectivity index (χ4n) is 10.8. The number of hydrogen-bond acceptors (Lipinski definition) is 18. The largest absolute Gasteiger partial charge is 0.394 e. The van der Waals surface area contributed by atoms with E-state index in [9.17, 15) is 61.0 Å². The van der Waals surface area contributed by atoms with Crippen LogP contribution in [0.25, 0.3) is 0 Å². The predicted octanol–water partition coefficient (Wildman–Crippen LogP) is 7.21. The van der Waals surface area contributed by atoms with Crippen molar-refractivity contribution < 1.29 is 89.4 Å². The van der Waals surface area contributed by atoms with Crippen molar-refractivity contribution in [3.8, 4) is 0 Å². The van der Waals surface area contributed by atoms with Crippen molar-refractivity contribution in [3.05, 3.63) is 60.8 Å². The zero-order chi connectivity index (χ0) is 61.2. The van der Waals surface area contributed by atoms with Gasteiger partial charge in [-0.15, -0.1) is 0 Å². The van der Waals surface area contributed by atoms with Gasteiger partial charge < -0.3 is 89.9 Å². The second-order valence-electron chi connectivity index (χ2n) is 23.2. The molecule has 3 fully saturated rings. The van der Waals surface area contributed by atoms with Crippen LogP contribution in [0.15, 0.2) is 60.8 Å². The van der Waals surface area contributed by atoms with E-state index >= 15 is 0 Å². The Kier molecular flexibility index (Phi) is 42.8. The summed E-state index contributed by atoms with van der Waals surface area (Å²) in [5.41, 5.74) is 0. The molecule has 3 aliphatic rings. The van der Waals surface area contributed by atoms with Crippen LogP contribution in [0, 0.1) is 0 Å². The standard InChI is InChI=1S/C65H115NO18/c1-3-5-7-9-11-13-15-16-17-18-19-20-21-22-23-24-25-26-27-28-29-30-31-32-33-35-37-39-41-43-53(71)66-48(49(70)42-40-38-36-34-14-12-10-8-6-4-2)47-79-63-59(77)56(74)61(51(45-68)81-63)84-65-60(78)57(75)62(52(46-69)82-65)83-64-58(76)55(73)54(72)50(44-67)80-64/h5,7,11,13,16-17,19-20,40,42,48-52,54-65,67-70,72-78H,3-4,6,8-10,12,14-15,18,21-39,41,43-47H2,1-2H3,(H,66,71)/b7-5-,13-11-,17-16-,20-19-,42-40+. The molecule has 0 radical (unpaired) electrons. The van der Waals surface area contributed by atoms with Gasteiger partial charge in [0, 0.05) is 6.42 Å². The molecule has 17 atom stereocenters. The number of hydrogen-bond donors (Lipinski definition) is 12. The summed E-state index contributed by atoms with van der Waals surface area (Å²) in [6, 6.07) is -0.972. The number of unbranched alkanes of at least 4 members (excludes halogenated alkanes) is 24. The Bertz CT molecular complexity index is 1770. The smallest absolute Gasteiger partial charge is 0.220 e. The van der Waals surface area contributed by atoms with Gasteiger partial charge in [-0.25, -0.2) is 0 Å². The molecule has 19 nitrogen and oxygen atoms in total. The lowest BCUT2D eigenvalue weighted by atomic mass is 9.96. The van der Waals surface area contributed by atoms with Crippen LogP contribution in [-0.4, -0.2) is 193 Å². The lowest BCUT2D eigenvalue weighted by molar-refractivity contribution is -0.379. The Morgan fingerprint density at radius 3 is 1.29 bits per heavy atom. The molecule has 84 heavy (non-hydrogen) atoms. The summed E-state index contributed by atoms with van der Waals surface area (Å²) in [4.78, 5) is 13.3. The maximum absolute atomic E-state index is 13.3. The lowest BCUT2D eigenvalue weighted by Gasteiger charge is -2.48. The minimum atomic E-state index is -1.98. The van der Waals surface area contributed by atoms with E-state index in [1.165, 1.54) is 116 Å². The maximum atomic E-state index is 13.3. The number of allylic oxidation sites excluding steroid dienone is 9. The van der Waals surface area contributed by atoms with Crippen molar-refractivity contribution >= 4 is 5.91 Å². The average molecular weight is 1200 g/mol. The quantitative estimate of drug-likeness (QED) is 0.0211. The molecule has 488 valence electrons. The first-order chi connectivity index (χ1) is 40.8. The Morgan fingerprint density at radius 2 is 0.821 bits per heavy atom. The number of carbonyl (C=O) groups excluding carboxylic acids is 1. The number of aliphatic hydroxyl groups excluding tert-OH is 11. The van der Waals surface area contributed by atoms with Crippen molar-refractivity contribution in [2.24, 2.45) is 0 Å². The van der Waals surface area contributed by atoms with Crippen LogP contribution in [0.3, 0.4) is 0 Å². The molecule has 0 aromatic carbocycles. The molecule has 3 heterocycles. The Hall–Kier alpha value is -2.51. The molecule has 1 amide bonds. The normalized spacial score (nSPS) is 29.6. The monoisotopic (exact) mass is 1200 g/mol. The predicted molar refractivity (Wildman–Crippen MR) is 323 cm³/mol. The van der Waals surface area contributed by atoms with Crippen molar-refractivity contribution in [3.63, 3.8) is 0 Å². The van der Waals surface area contributed by atoms with Crippen LogP contribution < -0.4 is 5.32 Å². The van der Waals surface area contributed by atoms with Gasteiger partial charge in [0.1, 0.15) is 73.2 Å². The third kappa shape index (κ3) is 30.1. The highest BCUT2D eigenvalue weighted by atomic mass is 16.8. The van der Waals surface area contributed by atoms with E-state index < -0.39 is 124 Å². The molecule has 12 N–H and O–H groups in total. The summed E-state index contributed by atoms with van der Waals surface area (Å²) in [5, 5.41) is 120. The number of nitrogens with one attached hydrogen (secondary N) is 1. The maximum Gasteiger partial charge on any atom is 0.220 e. The first kappa shape index (κ1) is 75.7. The van der Waals surface area contributed by atoms with Gasteiger partial charge in [-0.1, -0.05) is 209 Å². The van der Waals surface area contributed by atoms with Gasteiger partial charge in [-0.2, -0.15) is 0 Å². The molecule has 3 rings (SSSR count). The second kappa shape index (κ2) is 47.5. The summed E-state index contributed by atoms with van der Waals surface area (Å²) in [5.74, 6) is -0.279. The van der Waals surface area contributed by atoms with Crippen LogP contribution in [0.1, 0.15) is 213 Å². The van der Waals surface area contributed by atoms with E-state index in [0.717, 1.165) is 70.6 Å². The van der Waals surface area contributed by atoms with Gasteiger partial charge in [-0.05, 0) is 57.8 Å². The van der Waals surface area contributed by atoms with Gasteiger partial charge in [0.25, 0.3) is 0 Å². The number of rotatable bonds is 48. The highest BCUT2D eigenvalue weighted by Crippen LogP contribution is 2.33. The molecule has 0 spiro atoms. The summed E-state index contributed by atoms with van der Waals surface area (Å²) < 4.78 is 34.2. The summed E-state index contributed by atoms with van der Waals surface area (Å²) in [7, 11) is 0. The van der Waals surface area contributed by atoms with Crippen LogP contribution in [0.5, 0.6) is 0 Å². The molecule has 0 bridgehead atoms. The molecule has 3 aliphatic heterocycles. The lowest BCUT2D eigenvalue weighted by Crippen LogP contribution is -2.66. The molecule has 0 aromatic rings. The SMILES string of the molecule is CC/C=C\C/C=C\C/C=C\C/C=C\CCCCCCCCCCCCCCCCCCC(=O)NC(COC1OC(CO)C(OC2OC(CO)C(OC3OC(CO)C(O)C(O)C3O)C(O)C2O)C(O)C1O)C(O)/C=C/CCCCCCCCCC. The Balaban J connectivity index is 1.38. The average Bonchev–Trinajstić information content (AvgIpc) is 2.80. The van der Waals surface area contributed by atoms with Crippen LogP contribution in [0.2, 0.25) is 0 Å². The van der Waals surface area contributed by atoms with Crippen LogP contribution in [-0.2, 0) is 33.2 Å². The fourth-order valence-corrected chi connectivity index (χ4v) is 10.8. The number of amides is 1. The summed E-state index contributed by atoms with van der Waals surface area (Å²) in [6.07, 6.45) is 29.4. The first-order valence-corrected chi connectivity index (χ1v) is 32.5. The number of aliphatic hydroxyl groups is 11. The first-order valence-electron chi connectivity index (χ1n) is 32.5. The third-order valence-electron chi connectivity index (χ3n) is 16.1. The summed E-state index contributed by atoms with van der Waals surface area (Å²) in [6.45, 7) is 1.58. The molecular formula is C65H115NO18. The molecule has 0 aromatic heterocycles. The zero-order valence-corrected chi connectivity index (χ0v) is 51.1. The zero-order valence-electron chi connectivity index (χ0n) is 51.1. The van der Waals surface area contributed by atoms with Gasteiger partial charge in [0.05, 0.1) is 38.6 Å². The highest BCUT2D eigenvalue weighted by molar-refractivity contribution is 5.76. The van der Waals surface area contributed by atoms with E-state index in [1.807, 2.05) is 6.08 Å². The minimum Gasteiger partial charge on any atom is -0.394 e. The van der Waals surface area contributed by atoms with Crippen LogP contribution in [0.4, 0.5) is 0 Å². The van der Waals surface area contributed by atoms with E-state index in [-0.39, 0.29) is 18.9 Å². The third-order valence-corrected chi connectivity index (χ3v) is 16.1. The van der Waals surface area contributed by atoms with Gasteiger partial charge in [0.15, 0.2) is 18.9 Å². The van der Waals surface area contributed by atoms with E-state index in [0.29, 0.717) is 6.42 Å². The van der Waals surface area contributed by atoms with Crippen molar-refractivity contribution in [1.82, 2.24) is 5.32 Å².